The number of carbonyl (C=O) groups excluding carboxylic acids is 1. The first-order chi connectivity index (χ1) is 9.29. The van der Waals surface area contributed by atoms with Gasteiger partial charge in [0.1, 0.15) is 16.5 Å². The predicted molar refractivity (Wildman–Crippen MR) is 65.3 cm³/mol. The fourth-order valence-electron chi connectivity index (χ4n) is 1.45. The standard InChI is InChI=1S/C12H9F3N2O2S/c1-6-8(4-5-19-6)20-11-7(10(16)18)2-3-9(17-11)12(13,14)15/h2-5H,1H3,(H2,16,18). The van der Waals surface area contributed by atoms with Gasteiger partial charge in [0, 0.05) is 0 Å². The highest BCUT2D eigenvalue weighted by molar-refractivity contribution is 7.99. The van der Waals surface area contributed by atoms with Crippen molar-refractivity contribution in [3.05, 3.63) is 41.5 Å². The quantitative estimate of drug-likeness (QED) is 0.945. The minimum atomic E-state index is -4.59. The van der Waals surface area contributed by atoms with E-state index in [-0.39, 0.29) is 10.6 Å². The van der Waals surface area contributed by atoms with Crippen molar-refractivity contribution in [3.63, 3.8) is 0 Å². The molecule has 0 spiro atoms. The Morgan fingerprint density at radius 1 is 1.35 bits per heavy atom. The van der Waals surface area contributed by atoms with Gasteiger partial charge in [-0.15, -0.1) is 0 Å². The Balaban J connectivity index is 2.47. The molecule has 0 unspecified atom stereocenters. The number of furan rings is 1. The molecular weight excluding hydrogens is 293 g/mol. The van der Waals surface area contributed by atoms with Crippen LogP contribution in [0.4, 0.5) is 13.2 Å². The zero-order valence-corrected chi connectivity index (χ0v) is 11.0. The second-order valence-electron chi connectivity index (χ2n) is 3.85. The van der Waals surface area contributed by atoms with E-state index in [1.165, 1.54) is 6.26 Å². The monoisotopic (exact) mass is 302 g/mol. The molecule has 2 heterocycles. The lowest BCUT2D eigenvalue weighted by molar-refractivity contribution is -0.141. The van der Waals surface area contributed by atoms with Crippen molar-refractivity contribution in [2.75, 3.05) is 0 Å². The third kappa shape index (κ3) is 2.96. The van der Waals surface area contributed by atoms with Gasteiger partial charge in [-0.05, 0) is 25.1 Å². The fraction of sp³-hybridized carbons (Fsp3) is 0.167. The van der Waals surface area contributed by atoms with Gasteiger partial charge in [0.05, 0.1) is 16.7 Å². The van der Waals surface area contributed by atoms with Crippen molar-refractivity contribution in [2.45, 2.75) is 23.0 Å². The summed E-state index contributed by atoms with van der Waals surface area (Å²) in [5.41, 5.74) is 4.00. The van der Waals surface area contributed by atoms with Gasteiger partial charge < -0.3 is 10.2 Å². The zero-order valence-electron chi connectivity index (χ0n) is 10.2. The van der Waals surface area contributed by atoms with E-state index in [0.29, 0.717) is 10.7 Å². The first-order valence-electron chi connectivity index (χ1n) is 5.39. The second kappa shape index (κ2) is 5.20. The molecule has 2 N–H and O–H groups in total. The minimum absolute atomic E-state index is 0.0661. The highest BCUT2D eigenvalue weighted by Gasteiger charge is 2.33. The molecule has 2 rings (SSSR count). The molecule has 0 aliphatic carbocycles. The first-order valence-corrected chi connectivity index (χ1v) is 6.20. The topological polar surface area (TPSA) is 69.1 Å². The van der Waals surface area contributed by atoms with E-state index in [2.05, 4.69) is 4.98 Å². The number of rotatable bonds is 3. The molecule has 20 heavy (non-hydrogen) atoms. The molecule has 4 nitrogen and oxygen atoms in total. The van der Waals surface area contributed by atoms with E-state index >= 15 is 0 Å². The van der Waals surface area contributed by atoms with E-state index in [1.807, 2.05) is 0 Å². The summed E-state index contributed by atoms with van der Waals surface area (Å²) in [6, 6.07) is 3.33. The van der Waals surface area contributed by atoms with Crippen molar-refractivity contribution < 1.29 is 22.4 Å². The average Bonchev–Trinajstić information content (AvgIpc) is 2.73. The van der Waals surface area contributed by atoms with Gasteiger partial charge in [-0.3, -0.25) is 4.79 Å². The van der Waals surface area contributed by atoms with E-state index < -0.39 is 17.8 Å². The summed E-state index contributed by atoms with van der Waals surface area (Å²) < 4.78 is 43.0. The molecule has 1 amide bonds. The number of aryl methyl sites for hydroxylation is 1. The van der Waals surface area contributed by atoms with Crippen LogP contribution in [-0.4, -0.2) is 10.9 Å². The van der Waals surface area contributed by atoms with Crippen LogP contribution in [0.5, 0.6) is 0 Å². The Labute approximate surface area is 116 Å². The van der Waals surface area contributed by atoms with Gasteiger partial charge in [0.2, 0.25) is 0 Å². The third-order valence-corrected chi connectivity index (χ3v) is 3.58. The summed E-state index contributed by atoms with van der Waals surface area (Å²) in [6.07, 6.45) is -3.19. The van der Waals surface area contributed by atoms with Crippen LogP contribution >= 0.6 is 11.8 Å². The molecule has 8 heteroatoms. The van der Waals surface area contributed by atoms with Crippen LogP contribution in [0.3, 0.4) is 0 Å². The molecule has 0 aliphatic rings. The van der Waals surface area contributed by atoms with E-state index in [4.69, 9.17) is 10.2 Å². The van der Waals surface area contributed by atoms with Crippen LogP contribution in [0.25, 0.3) is 0 Å². The summed E-state index contributed by atoms with van der Waals surface area (Å²) in [7, 11) is 0. The summed E-state index contributed by atoms with van der Waals surface area (Å²) in [6.45, 7) is 1.65. The summed E-state index contributed by atoms with van der Waals surface area (Å²) >= 11 is 0.900. The molecule has 0 atom stereocenters. The van der Waals surface area contributed by atoms with Crippen molar-refractivity contribution >= 4 is 17.7 Å². The number of pyridine rings is 1. The van der Waals surface area contributed by atoms with Crippen molar-refractivity contribution in [3.8, 4) is 0 Å². The molecule has 2 aromatic heterocycles. The lowest BCUT2D eigenvalue weighted by Crippen LogP contribution is -2.16. The van der Waals surface area contributed by atoms with Crippen molar-refractivity contribution in [1.29, 1.82) is 0 Å². The minimum Gasteiger partial charge on any atom is -0.468 e. The van der Waals surface area contributed by atoms with Crippen LogP contribution in [0, 0.1) is 6.92 Å². The number of carbonyl (C=O) groups is 1. The lowest BCUT2D eigenvalue weighted by atomic mass is 10.2. The Morgan fingerprint density at radius 2 is 2.05 bits per heavy atom. The van der Waals surface area contributed by atoms with Crippen molar-refractivity contribution in [1.82, 2.24) is 4.98 Å². The number of amides is 1. The third-order valence-electron chi connectivity index (χ3n) is 2.43. The average molecular weight is 302 g/mol. The van der Waals surface area contributed by atoms with Crippen LogP contribution in [0.1, 0.15) is 21.8 Å². The van der Waals surface area contributed by atoms with E-state index in [1.54, 1.807) is 13.0 Å². The number of nitrogens with zero attached hydrogens (tertiary/aromatic N) is 1. The van der Waals surface area contributed by atoms with E-state index in [9.17, 15) is 18.0 Å². The second-order valence-corrected chi connectivity index (χ2v) is 4.88. The normalized spacial score (nSPS) is 11.6. The van der Waals surface area contributed by atoms with Gasteiger partial charge >= 0.3 is 6.18 Å². The molecular formula is C12H9F3N2O2S. The van der Waals surface area contributed by atoms with Gasteiger partial charge in [-0.25, -0.2) is 4.98 Å². The van der Waals surface area contributed by atoms with Crippen LogP contribution < -0.4 is 5.73 Å². The molecule has 0 radical (unpaired) electrons. The van der Waals surface area contributed by atoms with Crippen molar-refractivity contribution in [2.24, 2.45) is 5.73 Å². The first kappa shape index (κ1) is 14.4. The highest BCUT2D eigenvalue weighted by Crippen LogP contribution is 2.35. The molecule has 0 bridgehead atoms. The maximum Gasteiger partial charge on any atom is 0.433 e. The Hall–Kier alpha value is -1.96. The molecule has 0 saturated carbocycles. The van der Waals surface area contributed by atoms with Gasteiger partial charge in [0.25, 0.3) is 5.91 Å². The number of nitrogens with two attached hydrogens (primary N) is 1. The van der Waals surface area contributed by atoms with Crippen LogP contribution in [0.2, 0.25) is 0 Å². The largest absolute Gasteiger partial charge is 0.468 e. The molecule has 0 aliphatic heterocycles. The summed E-state index contributed by atoms with van der Waals surface area (Å²) in [5.74, 6) is -0.320. The number of aromatic nitrogens is 1. The van der Waals surface area contributed by atoms with Gasteiger partial charge in [-0.2, -0.15) is 13.2 Å². The molecule has 2 aromatic rings. The van der Waals surface area contributed by atoms with Crippen LogP contribution in [-0.2, 0) is 6.18 Å². The molecule has 0 saturated heterocycles. The summed E-state index contributed by atoms with van der Waals surface area (Å²) in [4.78, 5) is 15.3. The highest BCUT2D eigenvalue weighted by atomic mass is 32.2. The Bertz CT molecular complexity index is 652. The number of hydrogen-bond acceptors (Lipinski definition) is 4. The van der Waals surface area contributed by atoms with Gasteiger partial charge in [-0.1, -0.05) is 11.8 Å². The molecule has 106 valence electrons. The Kier molecular flexibility index (Phi) is 3.76. The number of halogens is 3. The van der Waals surface area contributed by atoms with Gasteiger partial charge in [0.15, 0.2) is 0 Å². The Morgan fingerprint density at radius 3 is 2.55 bits per heavy atom. The van der Waals surface area contributed by atoms with E-state index in [0.717, 1.165) is 23.9 Å². The summed E-state index contributed by atoms with van der Waals surface area (Å²) in [5, 5.41) is -0.100. The number of primary amides is 1. The molecule has 0 aromatic carbocycles. The fourth-order valence-corrected chi connectivity index (χ4v) is 2.39. The zero-order chi connectivity index (χ0) is 14.9. The molecule has 0 fully saturated rings. The smallest absolute Gasteiger partial charge is 0.433 e. The SMILES string of the molecule is Cc1occc1Sc1nc(C(F)(F)F)ccc1C(N)=O. The number of alkyl halides is 3. The maximum atomic E-state index is 12.7. The lowest BCUT2D eigenvalue weighted by Gasteiger charge is -2.10. The maximum absolute atomic E-state index is 12.7. The predicted octanol–water partition coefficient (Wildman–Crippen LogP) is 3.25. The van der Waals surface area contributed by atoms with Crippen LogP contribution in [0.15, 0.2) is 38.8 Å². The number of hydrogen-bond donors (Lipinski definition) is 1.